The van der Waals surface area contributed by atoms with Gasteiger partial charge in [-0.25, -0.2) is 0 Å². The molecule has 0 fully saturated rings. The lowest BCUT2D eigenvalue weighted by atomic mass is 10.1. The highest BCUT2D eigenvalue weighted by Crippen LogP contribution is 2.34. The van der Waals surface area contributed by atoms with E-state index < -0.39 is 0 Å². The molecule has 29 heavy (non-hydrogen) atoms. The molecule has 0 spiro atoms. The Morgan fingerprint density at radius 1 is 1.14 bits per heavy atom. The fourth-order valence-corrected chi connectivity index (χ4v) is 3.53. The van der Waals surface area contributed by atoms with Gasteiger partial charge in [-0.15, -0.1) is 0 Å². The van der Waals surface area contributed by atoms with Crippen LogP contribution in [0, 0.1) is 0 Å². The van der Waals surface area contributed by atoms with Crippen LogP contribution in [0.5, 0.6) is 11.5 Å². The molecule has 0 aliphatic carbocycles. The second-order valence-electron chi connectivity index (χ2n) is 6.78. The number of aromatic nitrogens is 2. The van der Waals surface area contributed by atoms with Crippen molar-refractivity contribution in [2.75, 3.05) is 19.8 Å². The molecular weight excluding hydrogens is 390 g/mol. The van der Waals surface area contributed by atoms with Crippen molar-refractivity contribution in [3.05, 3.63) is 76.6 Å². The average Bonchev–Trinajstić information content (AvgIpc) is 3.22. The molecule has 1 aliphatic rings. The molecule has 150 valence electrons. The van der Waals surface area contributed by atoms with Gasteiger partial charge in [0, 0.05) is 29.9 Å². The summed E-state index contributed by atoms with van der Waals surface area (Å²) in [6.07, 6.45) is 3.36. The Morgan fingerprint density at radius 2 is 1.93 bits per heavy atom. The predicted molar refractivity (Wildman–Crippen MR) is 111 cm³/mol. The Morgan fingerprint density at radius 3 is 2.76 bits per heavy atom. The van der Waals surface area contributed by atoms with Crippen LogP contribution in [0.3, 0.4) is 0 Å². The van der Waals surface area contributed by atoms with Crippen LogP contribution < -0.4 is 9.47 Å². The molecule has 0 saturated carbocycles. The zero-order chi connectivity index (χ0) is 20.2. The van der Waals surface area contributed by atoms with Crippen molar-refractivity contribution in [1.29, 1.82) is 0 Å². The number of benzene rings is 2. The lowest BCUT2D eigenvalue weighted by Gasteiger charge is -2.25. The van der Waals surface area contributed by atoms with Gasteiger partial charge in [0.05, 0.1) is 18.3 Å². The molecule has 0 saturated heterocycles. The Kier molecular flexibility index (Phi) is 5.71. The number of amides is 1. The zero-order valence-electron chi connectivity index (χ0n) is 16.2. The van der Waals surface area contributed by atoms with Gasteiger partial charge in [0.1, 0.15) is 13.2 Å². The molecule has 7 heteroatoms. The molecule has 0 radical (unpaired) electrons. The molecule has 1 aliphatic heterocycles. The van der Waals surface area contributed by atoms with E-state index in [0.29, 0.717) is 43.4 Å². The molecule has 1 amide bonds. The molecule has 1 aromatic heterocycles. The van der Waals surface area contributed by atoms with Crippen molar-refractivity contribution in [3.63, 3.8) is 0 Å². The van der Waals surface area contributed by atoms with Gasteiger partial charge >= 0.3 is 0 Å². The van der Waals surface area contributed by atoms with Crippen LogP contribution in [-0.2, 0) is 13.1 Å². The fraction of sp³-hybridized carbons (Fsp3) is 0.273. The number of carbonyl (C=O) groups is 1. The summed E-state index contributed by atoms with van der Waals surface area (Å²) in [7, 11) is 0. The van der Waals surface area contributed by atoms with Gasteiger partial charge in [-0.05, 0) is 24.6 Å². The van der Waals surface area contributed by atoms with Crippen LogP contribution in [0.15, 0.2) is 54.9 Å². The summed E-state index contributed by atoms with van der Waals surface area (Å²) in [4.78, 5) is 14.8. The molecule has 3 aromatic rings. The third-order valence-electron chi connectivity index (χ3n) is 4.85. The summed E-state index contributed by atoms with van der Waals surface area (Å²) in [5, 5.41) is 5.02. The number of rotatable bonds is 6. The Hall–Kier alpha value is -2.99. The van der Waals surface area contributed by atoms with E-state index in [-0.39, 0.29) is 5.91 Å². The minimum atomic E-state index is -0.0766. The van der Waals surface area contributed by atoms with Crippen molar-refractivity contribution in [1.82, 2.24) is 14.7 Å². The highest BCUT2D eigenvalue weighted by Gasteiger charge is 2.21. The number of hydrogen-bond donors (Lipinski definition) is 0. The number of para-hydroxylation sites is 1. The number of ether oxygens (including phenoxy) is 2. The molecule has 2 aromatic carbocycles. The smallest absolute Gasteiger partial charge is 0.257 e. The zero-order valence-corrected chi connectivity index (χ0v) is 16.9. The molecule has 2 heterocycles. The topological polar surface area (TPSA) is 56.6 Å². The molecule has 6 nitrogen and oxygen atoms in total. The van der Waals surface area contributed by atoms with E-state index in [1.54, 1.807) is 22.0 Å². The van der Waals surface area contributed by atoms with E-state index in [4.69, 9.17) is 21.1 Å². The Balaban J connectivity index is 1.50. The van der Waals surface area contributed by atoms with Crippen LogP contribution in [0.2, 0.25) is 5.02 Å². The van der Waals surface area contributed by atoms with E-state index in [2.05, 4.69) is 5.10 Å². The summed E-state index contributed by atoms with van der Waals surface area (Å²) in [6.45, 7) is 4.53. The minimum Gasteiger partial charge on any atom is -0.486 e. The largest absolute Gasteiger partial charge is 0.486 e. The van der Waals surface area contributed by atoms with Gasteiger partial charge in [-0.3, -0.25) is 9.48 Å². The first-order valence-corrected chi connectivity index (χ1v) is 9.96. The highest BCUT2D eigenvalue weighted by atomic mass is 35.5. The highest BCUT2D eigenvalue weighted by molar-refractivity contribution is 6.31. The third kappa shape index (κ3) is 4.22. The van der Waals surface area contributed by atoms with Gasteiger partial charge < -0.3 is 14.4 Å². The maximum atomic E-state index is 13.1. The van der Waals surface area contributed by atoms with Gasteiger partial charge in [-0.2, -0.15) is 5.10 Å². The molecule has 0 atom stereocenters. The molecular formula is C22H22ClN3O3. The first kappa shape index (κ1) is 19.3. The predicted octanol–water partition coefficient (Wildman–Crippen LogP) is 4.02. The third-order valence-corrected chi connectivity index (χ3v) is 5.22. The van der Waals surface area contributed by atoms with Crippen LogP contribution in [0.25, 0.3) is 0 Å². The standard InChI is InChI=1S/C22H22ClN3O3/c1-2-25(13-17-7-5-9-20-21(17)29-11-10-28-20)22(27)18-12-24-26(15-18)14-16-6-3-4-8-19(16)23/h3-9,12,15H,2,10-11,13-14H2,1H3. The van der Waals surface area contributed by atoms with Gasteiger partial charge in [-0.1, -0.05) is 41.9 Å². The van der Waals surface area contributed by atoms with Crippen LogP contribution in [-0.4, -0.2) is 40.3 Å². The SMILES string of the molecule is CCN(Cc1cccc2c1OCCO2)C(=O)c1cnn(Cc2ccccc2Cl)c1. The Bertz CT molecular complexity index is 1020. The minimum absolute atomic E-state index is 0.0766. The summed E-state index contributed by atoms with van der Waals surface area (Å²) in [5.41, 5.74) is 2.43. The van der Waals surface area contributed by atoms with E-state index in [1.165, 1.54) is 0 Å². The lowest BCUT2D eigenvalue weighted by molar-refractivity contribution is 0.0749. The van der Waals surface area contributed by atoms with Gasteiger partial charge in [0.15, 0.2) is 11.5 Å². The number of halogens is 1. The number of hydrogen-bond acceptors (Lipinski definition) is 4. The molecule has 4 rings (SSSR count). The summed E-state index contributed by atoms with van der Waals surface area (Å²) >= 11 is 6.23. The normalized spacial score (nSPS) is 12.6. The molecule has 0 N–H and O–H groups in total. The maximum absolute atomic E-state index is 13.1. The van der Waals surface area contributed by atoms with Crippen LogP contribution >= 0.6 is 11.6 Å². The van der Waals surface area contributed by atoms with E-state index in [9.17, 15) is 4.79 Å². The molecule has 0 unspecified atom stereocenters. The number of nitrogens with zero attached hydrogens (tertiary/aromatic N) is 3. The monoisotopic (exact) mass is 411 g/mol. The van der Waals surface area contributed by atoms with Crippen molar-refractivity contribution >= 4 is 17.5 Å². The van der Waals surface area contributed by atoms with E-state index in [1.807, 2.05) is 49.4 Å². The second kappa shape index (κ2) is 8.57. The summed E-state index contributed by atoms with van der Waals surface area (Å²) in [5.74, 6) is 1.37. The van der Waals surface area contributed by atoms with E-state index >= 15 is 0 Å². The van der Waals surface area contributed by atoms with Crippen LogP contribution in [0.4, 0.5) is 0 Å². The quantitative estimate of drug-likeness (QED) is 0.614. The molecule has 0 bridgehead atoms. The summed E-state index contributed by atoms with van der Waals surface area (Å²) in [6, 6.07) is 13.4. The number of carbonyl (C=O) groups excluding carboxylic acids is 1. The first-order valence-electron chi connectivity index (χ1n) is 9.58. The average molecular weight is 412 g/mol. The first-order chi connectivity index (χ1) is 14.2. The van der Waals surface area contributed by atoms with Crippen molar-refractivity contribution in [2.45, 2.75) is 20.0 Å². The van der Waals surface area contributed by atoms with E-state index in [0.717, 1.165) is 22.6 Å². The van der Waals surface area contributed by atoms with Crippen molar-refractivity contribution < 1.29 is 14.3 Å². The van der Waals surface area contributed by atoms with Gasteiger partial charge in [0.25, 0.3) is 5.91 Å². The number of fused-ring (bicyclic) bond motifs is 1. The maximum Gasteiger partial charge on any atom is 0.257 e. The lowest BCUT2D eigenvalue weighted by Crippen LogP contribution is -2.30. The van der Waals surface area contributed by atoms with Crippen molar-refractivity contribution in [3.8, 4) is 11.5 Å². The summed E-state index contributed by atoms with van der Waals surface area (Å²) < 4.78 is 13.1. The van der Waals surface area contributed by atoms with Crippen molar-refractivity contribution in [2.24, 2.45) is 0 Å². The Labute approximate surface area is 174 Å². The second-order valence-corrected chi connectivity index (χ2v) is 7.19. The van der Waals surface area contributed by atoms with Crippen LogP contribution in [0.1, 0.15) is 28.4 Å². The van der Waals surface area contributed by atoms with Gasteiger partial charge in [0.2, 0.25) is 0 Å². The fourth-order valence-electron chi connectivity index (χ4n) is 3.34.